The second-order valence-electron chi connectivity index (χ2n) is 6.83. The van der Waals surface area contributed by atoms with Crippen molar-refractivity contribution in [3.05, 3.63) is 62.5 Å². The van der Waals surface area contributed by atoms with E-state index < -0.39 is 0 Å². The van der Waals surface area contributed by atoms with Crippen LogP contribution in [0.3, 0.4) is 0 Å². The van der Waals surface area contributed by atoms with Gasteiger partial charge in [-0.1, -0.05) is 75.0 Å². The predicted octanol–water partition coefficient (Wildman–Crippen LogP) is 8.24. The number of nitrogens with zero attached hydrogens (tertiary/aromatic N) is 1. The zero-order chi connectivity index (χ0) is 19.2. The van der Waals surface area contributed by atoms with E-state index in [-0.39, 0.29) is 0 Å². The lowest BCUT2D eigenvalue weighted by Gasteiger charge is -2.10. The van der Waals surface area contributed by atoms with Gasteiger partial charge in [0.25, 0.3) is 4.84 Å². The first-order valence-corrected chi connectivity index (χ1v) is 10.7. The Kier molecular flexibility index (Phi) is 7.22. The van der Waals surface area contributed by atoms with E-state index in [9.17, 15) is 0 Å². The van der Waals surface area contributed by atoms with Gasteiger partial charge in [-0.3, -0.25) is 4.57 Å². The van der Waals surface area contributed by atoms with Crippen molar-refractivity contribution in [1.82, 2.24) is 4.57 Å². The van der Waals surface area contributed by atoms with Crippen LogP contribution >= 0.6 is 36.0 Å². The third-order valence-electron chi connectivity index (χ3n) is 4.77. The Hall–Kier alpha value is -1.49. The molecule has 2 nitrogen and oxygen atoms in total. The second kappa shape index (κ2) is 9.63. The van der Waals surface area contributed by atoms with Crippen LogP contribution in [0, 0.1) is 9.48 Å². The van der Waals surface area contributed by atoms with Gasteiger partial charge in [-0.15, -0.1) is 0 Å². The number of fused-ring (bicyclic) bond motifs is 1. The molecule has 1 aromatic heterocycles. The van der Waals surface area contributed by atoms with Gasteiger partial charge in [0.2, 0.25) is 0 Å². The Bertz CT molecular complexity index is 1020. The fourth-order valence-electron chi connectivity index (χ4n) is 3.25. The molecule has 0 saturated heterocycles. The van der Waals surface area contributed by atoms with Crippen molar-refractivity contribution < 1.29 is 4.42 Å². The number of halogens is 1. The topological polar surface area (TPSA) is 18.1 Å². The van der Waals surface area contributed by atoms with Gasteiger partial charge < -0.3 is 4.42 Å². The smallest absolute Gasteiger partial charge is 0.274 e. The van der Waals surface area contributed by atoms with Crippen LogP contribution in [-0.4, -0.2) is 4.57 Å². The van der Waals surface area contributed by atoms with Crippen LogP contribution in [0.1, 0.15) is 51.0 Å². The SMILES string of the molecule is CCCCCCCCc1ccc(-n2c(=S)oc3ccc(Cl)cc3c2=S)cc1. The third kappa shape index (κ3) is 5.07. The van der Waals surface area contributed by atoms with Crippen LogP contribution in [0.5, 0.6) is 0 Å². The Morgan fingerprint density at radius 2 is 1.63 bits per heavy atom. The van der Waals surface area contributed by atoms with Gasteiger partial charge in [0, 0.05) is 5.02 Å². The highest BCUT2D eigenvalue weighted by molar-refractivity contribution is 7.72. The number of benzene rings is 2. The predicted molar refractivity (Wildman–Crippen MR) is 119 cm³/mol. The number of hydrogen-bond acceptors (Lipinski definition) is 3. The summed E-state index contributed by atoms with van der Waals surface area (Å²) >= 11 is 17.2. The van der Waals surface area contributed by atoms with Crippen LogP contribution in [-0.2, 0) is 6.42 Å². The normalized spacial score (nSPS) is 11.2. The first-order valence-electron chi connectivity index (χ1n) is 9.55. The highest BCUT2D eigenvalue weighted by Crippen LogP contribution is 2.24. The molecule has 1 heterocycles. The molecule has 0 fully saturated rings. The summed E-state index contributed by atoms with van der Waals surface area (Å²) in [6.45, 7) is 2.25. The molecular formula is C22H24ClNOS2. The molecule has 0 aliphatic rings. The van der Waals surface area contributed by atoms with Crippen molar-refractivity contribution in [2.45, 2.75) is 51.9 Å². The maximum Gasteiger partial charge on any atom is 0.274 e. The monoisotopic (exact) mass is 417 g/mol. The molecule has 0 amide bonds. The number of aromatic nitrogens is 1. The Labute approximate surface area is 175 Å². The third-order valence-corrected chi connectivity index (χ3v) is 5.67. The van der Waals surface area contributed by atoms with Crippen LogP contribution in [0.2, 0.25) is 5.02 Å². The quantitative estimate of drug-likeness (QED) is 0.271. The molecule has 5 heteroatoms. The summed E-state index contributed by atoms with van der Waals surface area (Å²) in [6.07, 6.45) is 8.97. The molecule has 3 aromatic rings. The Morgan fingerprint density at radius 3 is 2.37 bits per heavy atom. The first-order chi connectivity index (χ1) is 13.1. The van der Waals surface area contributed by atoms with Crippen molar-refractivity contribution in [2.24, 2.45) is 0 Å². The van der Waals surface area contributed by atoms with E-state index in [1.807, 2.05) is 6.07 Å². The van der Waals surface area contributed by atoms with E-state index in [0.29, 0.717) is 20.1 Å². The van der Waals surface area contributed by atoms with E-state index in [0.717, 1.165) is 17.5 Å². The van der Waals surface area contributed by atoms with Gasteiger partial charge in [-0.05, 0) is 61.0 Å². The summed E-state index contributed by atoms with van der Waals surface area (Å²) in [5.74, 6) is 0. The molecule has 0 atom stereocenters. The molecule has 0 N–H and O–H groups in total. The maximum atomic E-state index is 6.11. The van der Waals surface area contributed by atoms with Gasteiger partial charge in [-0.25, -0.2) is 0 Å². The minimum Gasteiger partial charge on any atom is -0.431 e. The molecule has 3 rings (SSSR count). The number of aryl methyl sites for hydroxylation is 1. The minimum absolute atomic E-state index is 0.346. The van der Waals surface area contributed by atoms with Crippen molar-refractivity contribution in [3.63, 3.8) is 0 Å². The zero-order valence-electron chi connectivity index (χ0n) is 15.5. The lowest BCUT2D eigenvalue weighted by Crippen LogP contribution is -2.00. The summed E-state index contributed by atoms with van der Waals surface area (Å²) in [5.41, 5.74) is 2.92. The second-order valence-corrected chi connectivity index (χ2v) is 8.01. The summed E-state index contributed by atoms with van der Waals surface area (Å²) in [7, 11) is 0. The molecule has 0 unspecified atom stereocenters. The molecule has 0 saturated carbocycles. The fourth-order valence-corrected chi connectivity index (χ4v) is 4.11. The lowest BCUT2D eigenvalue weighted by atomic mass is 10.0. The highest BCUT2D eigenvalue weighted by Gasteiger charge is 2.08. The minimum atomic E-state index is 0.346. The molecule has 142 valence electrons. The molecule has 0 radical (unpaired) electrons. The number of hydrogen-bond donors (Lipinski definition) is 0. The number of rotatable bonds is 8. The van der Waals surface area contributed by atoms with Gasteiger partial charge in [0.1, 0.15) is 10.2 Å². The average molecular weight is 418 g/mol. The van der Waals surface area contributed by atoms with Crippen LogP contribution in [0.15, 0.2) is 46.9 Å². The largest absolute Gasteiger partial charge is 0.431 e. The average Bonchev–Trinajstić information content (AvgIpc) is 2.66. The van der Waals surface area contributed by atoms with E-state index in [4.69, 9.17) is 40.5 Å². The standard InChI is InChI=1S/C22H24ClNOS2/c1-2-3-4-5-6-7-8-16-9-12-18(13-10-16)24-21(26)19-15-17(23)11-14-20(19)25-22(24)27/h9-15H,2-8H2,1H3. The summed E-state index contributed by atoms with van der Waals surface area (Å²) in [4.78, 5) is 0.346. The van der Waals surface area contributed by atoms with Gasteiger partial charge in [-0.2, -0.15) is 0 Å². The van der Waals surface area contributed by atoms with Crippen molar-refractivity contribution in [1.29, 1.82) is 0 Å². The highest BCUT2D eigenvalue weighted by atomic mass is 35.5. The van der Waals surface area contributed by atoms with Crippen LogP contribution in [0.4, 0.5) is 0 Å². The molecule has 0 spiro atoms. The first kappa shape index (κ1) is 20.2. The summed E-state index contributed by atoms with van der Waals surface area (Å²) in [6, 6.07) is 13.8. The van der Waals surface area contributed by atoms with Crippen LogP contribution in [0.25, 0.3) is 16.7 Å². The summed E-state index contributed by atoms with van der Waals surface area (Å²) < 4.78 is 8.18. The molecule has 2 aromatic carbocycles. The molecule has 0 bridgehead atoms. The zero-order valence-corrected chi connectivity index (χ0v) is 17.9. The van der Waals surface area contributed by atoms with E-state index in [1.54, 1.807) is 16.7 Å². The molecule has 0 aliphatic heterocycles. The molecule has 0 aliphatic carbocycles. The van der Waals surface area contributed by atoms with Crippen molar-refractivity contribution in [2.75, 3.05) is 0 Å². The fraction of sp³-hybridized carbons (Fsp3) is 0.364. The maximum absolute atomic E-state index is 6.11. The van der Waals surface area contributed by atoms with E-state index in [2.05, 4.69) is 31.2 Å². The molecule has 27 heavy (non-hydrogen) atoms. The Balaban J connectivity index is 1.77. The van der Waals surface area contributed by atoms with Crippen LogP contribution < -0.4 is 0 Å². The summed E-state index contributed by atoms with van der Waals surface area (Å²) in [5, 5.41) is 1.42. The number of unbranched alkanes of at least 4 members (excludes halogenated alkanes) is 5. The van der Waals surface area contributed by atoms with Crippen molar-refractivity contribution in [3.8, 4) is 5.69 Å². The molecular weight excluding hydrogens is 394 g/mol. The Morgan fingerprint density at radius 1 is 0.926 bits per heavy atom. The van der Waals surface area contributed by atoms with Gasteiger partial charge >= 0.3 is 0 Å². The van der Waals surface area contributed by atoms with E-state index >= 15 is 0 Å². The van der Waals surface area contributed by atoms with E-state index in [1.165, 1.54) is 44.1 Å². The van der Waals surface area contributed by atoms with Gasteiger partial charge in [0.05, 0.1) is 11.1 Å². The lowest BCUT2D eigenvalue weighted by molar-refractivity contribution is 0.537. The van der Waals surface area contributed by atoms with Gasteiger partial charge in [0.15, 0.2) is 0 Å². The van der Waals surface area contributed by atoms with Crippen molar-refractivity contribution >= 4 is 47.0 Å².